The molecule has 1 aromatic carbocycles. The number of anilines is 1. The Bertz CT molecular complexity index is 680. The van der Waals surface area contributed by atoms with Gasteiger partial charge in [-0.25, -0.2) is 4.90 Å². The molecule has 1 aliphatic carbocycles. The molecule has 1 atom stereocenters. The van der Waals surface area contributed by atoms with Crippen molar-refractivity contribution in [3.8, 4) is 5.75 Å². The number of carbonyl (C=O) groups is 2. The van der Waals surface area contributed by atoms with Crippen molar-refractivity contribution in [1.82, 2.24) is 0 Å². The zero-order valence-corrected chi connectivity index (χ0v) is 13.6. The van der Waals surface area contributed by atoms with Crippen molar-refractivity contribution in [2.45, 2.75) is 19.3 Å². The minimum absolute atomic E-state index is 0.148. The van der Waals surface area contributed by atoms with Crippen molar-refractivity contribution < 1.29 is 14.3 Å². The smallest absolute Gasteiger partial charge is 0.260 e. The Hall–Kier alpha value is -1.88. The number of fused-ring (bicyclic) bond motifs is 1. The molecule has 5 heteroatoms. The molecule has 1 aliphatic heterocycles. The largest absolute Gasteiger partial charge is 0.488 e. The molecule has 114 valence electrons. The van der Waals surface area contributed by atoms with Crippen LogP contribution in [-0.4, -0.2) is 18.4 Å². The van der Waals surface area contributed by atoms with Crippen molar-refractivity contribution in [3.63, 3.8) is 0 Å². The van der Waals surface area contributed by atoms with E-state index in [9.17, 15) is 9.59 Å². The molecule has 0 spiro atoms. The van der Waals surface area contributed by atoms with Crippen LogP contribution in [0.2, 0.25) is 0 Å². The standard InChI is InChI=1S/C17H16BrNO3/c1-2-8-22-15-10-13(6-7-14(15)18)19-16(20)11-4-3-5-12(9-11)17(19)21/h2,6-7,9-11H,1,3-5,8H2. The highest BCUT2D eigenvalue weighted by Crippen LogP contribution is 2.36. The minimum Gasteiger partial charge on any atom is -0.488 e. The molecule has 0 radical (unpaired) electrons. The molecular weight excluding hydrogens is 346 g/mol. The molecule has 0 N–H and O–H groups in total. The molecule has 2 amide bonds. The number of halogens is 1. The van der Waals surface area contributed by atoms with Crippen molar-refractivity contribution in [2.75, 3.05) is 11.5 Å². The van der Waals surface area contributed by atoms with Gasteiger partial charge in [0.05, 0.1) is 16.1 Å². The van der Waals surface area contributed by atoms with E-state index in [4.69, 9.17) is 4.74 Å². The maximum absolute atomic E-state index is 12.5. The Morgan fingerprint density at radius 1 is 1.41 bits per heavy atom. The van der Waals surface area contributed by atoms with Gasteiger partial charge >= 0.3 is 0 Å². The van der Waals surface area contributed by atoms with Crippen LogP contribution in [0, 0.1) is 5.92 Å². The first-order valence-electron chi connectivity index (χ1n) is 7.24. The SMILES string of the molecule is C=CCOc1cc(N2C(=O)C3=CC(CCC3)C2=O)ccc1Br. The molecule has 1 unspecified atom stereocenters. The summed E-state index contributed by atoms with van der Waals surface area (Å²) in [6, 6.07) is 5.25. The topological polar surface area (TPSA) is 46.6 Å². The Labute approximate surface area is 137 Å². The first kappa shape index (κ1) is 15.0. The summed E-state index contributed by atoms with van der Waals surface area (Å²) in [5.41, 5.74) is 1.29. The second kappa shape index (κ2) is 6.08. The third-order valence-corrected chi connectivity index (χ3v) is 4.56. The number of ether oxygens (including phenoxy) is 1. The Morgan fingerprint density at radius 3 is 3.00 bits per heavy atom. The highest BCUT2D eigenvalue weighted by molar-refractivity contribution is 9.10. The first-order chi connectivity index (χ1) is 10.6. The lowest BCUT2D eigenvalue weighted by molar-refractivity contribution is -0.128. The quantitative estimate of drug-likeness (QED) is 0.607. The van der Waals surface area contributed by atoms with Crippen LogP contribution in [0.25, 0.3) is 0 Å². The van der Waals surface area contributed by atoms with Gasteiger partial charge in [-0.15, -0.1) is 0 Å². The van der Waals surface area contributed by atoms with E-state index in [0.717, 1.165) is 29.3 Å². The fourth-order valence-electron chi connectivity index (χ4n) is 2.84. The fourth-order valence-corrected chi connectivity index (χ4v) is 3.20. The van der Waals surface area contributed by atoms with Gasteiger partial charge in [0.15, 0.2) is 0 Å². The number of hydrogen-bond acceptors (Lipinski definition) is 3. The Morgan fingerprint density at radius 2 is 2.23 bits per heavy atom. The van der Waals surface area contributed by atoms with Crippen LogP contribution in [0.3, 0.4) is 0 Å². The number of carbonyl (C=O) groups excluding carboxylic acids is 2. The summed E-state index contributed by atoms with van der Waals surface area (Å²) in [4.78, 5) is 26.4. The maximum atomic E-state index is 12.5. The zero-order valence-electron chi connectivity index (χ0n) is 12.0. The second-order valence-corrected chi connectivity index (χ2v) is 6.24. The average molecular weight is 362 g/mol. The van der Waals surface area contributed by atoms with Crippen LogP contribution >= 0.6 is 15.9 Å². The molecule has 1 heterocycles. The first-order valence-corrected chi connectivity index (χ1v) is 8.03. The van der Waals surface area contributed by atoms with Gasteiger partial charge in [0.25, 0.3) is 5.91 Å². The Kier molecular flexibility index (Phi) is 4.16. The van der Waals surface area contributed by atoms with Crippen LogP contribution in [0.15, 0.2) is 47.0 Å². The normalized spacial score (nSPS) is 20.7. The molecule has 2 bridgehead atoms. The summed E-state index contributed by atoms with van der Waals surface area (Å²) in [7, 11) is 0. The van der Waals surface area contributed by atoms with Gasteiger partial charge in [-0.2, -0.15) is 0 Å². The summed E-state index contributed by atoms with van der Waals surface area (Å²) >= 11 is 3.40. The molecule has 0 aromatic heterocycles. The zero-order chi connectivity index (χ0) is 15.7. The summed E-state index contributed by atoms with van der Waals surface area (Å²) < 4.78 is 6.33. The van der Waals surface area contributed by atoms with E-state index < -0.39 is 0 Å². The number of amides is 2. The summed E-state index contributed by atoms with van der Waals surface area (Å²) in [5, 5.41) is 0. The predicted octanol–water partition coefficient (Wildman–Crippen LogP) is 3.61. The van der Waals surface area contributed by atoms with Crippen LogP contribution in [0.4, 0.5) is 5.69 Å². The van der Waals surface area contributed by atoms with E-state index in [2.05, 4.69) is 22.5 Å². The van der Waals surface area contributed by atoms with Crippen LogP contribution in [0.1, 0.15) is 19.3 Å². The highest BCUT2D eigenvalue weighted by atomic mass is 79.9. The van der Waals surface area contributed by atoms with E-state index in [0.29, 0.717) is 18.0 Å². The summed E-state index contributed by atoms with van der Waals surface area (Å²) in [6.07, 6.45) is 5.93. The molecule has 4 nitrogen and oxygen atoms in total. The van der Waals surface area contributed by atoms with E-state index in [1.807, 2.05) is 6.08 Å². The molecule has 0 saturated heterocycles. The van der Waals surface area contributed by atoms with Crippen LogP contribution < -0.4 is 9.64 Å². The summed E-state index contributed by atoms with van der Waals surface area (Å²) in [6.45, 7) is 3.97. The van der Waals surface area contributed by atoms with E-state index in [1.54, 1.807) is 24.3 Å². The van der Waals surface area contributed by atoms with Gasteiger partial charge in [-0.3, -0.25) is 9.59 Å². The monoisotopic (exact) mass is 361 g/mol. The maximum Gasteiger partial charge on any atom is 0.260 e. The van der Waals surface area contributed by atoms with Gasteiger partial charge in [-0.05, 0) is 47.3 Å². The average Bonchev–Trinajstić information content (AvgIpc) is 2.54. The lowest BCUT2D eigenvalue weighted by Gasteiger charge is -2.33. The van der Waals surface area contributed by atoms with E-state index in [-0.39, 0.29) is 17.7 Å². The lowest BCUT2D eigenvalue weighted by atomic mass is 9.85. The molecule has 0 saturated carbocycles. The van der Waals surface area contributed by atoms with Gasteiger partial charge in [0, 0.05) is 11.6 Å². The van der Waals surface area contributed by atoms with Crippen molar-refractivity contribution in [3.05, 3.63) is 47.0 Å². The third-order valence-electron chi connectivity index (χ3n) is 3.91. The predicted molar refractivity (Wildman–Crippen MR) is 87.8 cm³/mol. The minimum atomic E-state index is -0.210. The van der Waals surface area contributed by atoms with E-state index >= 15 is 0 Å². The van der Waals surface area contributed by atoms with Crippen LogP contribution in [-0.2, 0) is 9.59 Å². The molecule has 2 aliphatic rings. The van der Waals surface area contributed by atoms with E-state index in [1.165, 1.54) is 4.90 Å². The molecule has 3 rings (SSSR count). The second-order valence-electron chi connectivity index (χ2n) is 5.38. The molecule has 0 fully saturated rings. The number of hydrogen-bond donors (Lipinski definition) is 0. The lowest BCUT2D eigenvalue weighted by Crippen LogP contribution is -2.46. The van der Waals surface area contributed by atoms with Gasteiger partial charge in [0.2, 0.25) is 5.91 Å². The number of imide groups is 1. The molecule has 1 aromatic rings. The number of benzene rings is 1. The van der Waals surface area contributed by atoms with Gasteiger partial charge < -0.3 is 4.74 Å². The number of nitrogens with zero attached hydrogens (tertiary/aromatic N) is 1. The van der Waals surface area contributed by atoms with Crippen molar-refractivity contribution >= 4 is 33.4 Å². The summed E-state index contributed by atoms with van der Waals surface area (Å²) in [5.74, 6) is 0.0498. The molecular formula is C17H16BrNO3. The third kappa shape index (κ3) is 2.61. The van der Waals surface area contributed by atoms with Gasteiger partial charge in [0.1, 0.15) is 12.4 Å². The fraction of sp³-hybridized carbons (Fsp3) is 0.294. The number of rotatable bonds is 4. The van der Waals surface area contributed by atoms with Crippen molar-refractivity contribution in [2.24, 2.45) is 5.92 Å². The van der Waals surface area contributed by atoms with Gasteiger partial charge in [-0.1, -0.05) is 18.7 Å². The van der Waals surface area contributed by atoms with Crippen molar-refractivity contribution in [1.29, 1.82) is 0 Å². The highest BCUT2D eigenvalue weighted by Gasteiger charge is 2.38. The van der Waals surface area contributed by atoms with Crippen LogP contribution in [0.5, 0.6) is 5.75 Å². The molecule has 22 heavy (non-hydrogen) atoms. The Balaban J connectivity index is 1.96.